The molecule has 0 aliphatic heterocycles. The average molecular weight is 283 g/mol. The number of rotatable bonds is 3. The molecule has 0 saturated heterocycles. The highest BCUT2D eigenvalue weighted by molar-refractivity contribution is 5.74. The number of H-pyrrole nitrogens is 1. The summed E-state index contributed by atoms with van der Waals surface area (Å²) >= 11 is 0. The second-order valence-corrected chi connectivity index (χ2v) is 7.74. The number of aromatic nitrogens is 2. The molecule has 2 aliphatic rings. The molecule has 2 aromatic rings. The van der Waals surface area contributed by atoms with Crippen LogP contribution in [0.5, 0.6) is 0 Å². The van der Waals surface area contributed by atoms with Gasteiger partial charge >= 0.3 is 0 Å². The Morgan fingerprint density at radius 1 is 1.29 bits per heavy atom. The molecule has 3 nitrogen and oxygen atoms in total. The van der Waals surface area contributed by atoms with Gasteiger partial charge in [0.05, 0.1) is 17.6 Å². The topological polar surface area (TPSA) is 40.7 Å². The van der Waals surface area contributed by atoms with Gasteiger partial charge in [-0.05, 0) is 48.1 Å². The molecule has 3 unspecified atom stereocenters. The Labute approximate surface area is 126 Å². The van der Waals surface area contributed by atoms with E-state index >= 15 is 0 Å². The average Bonchev–Trinajstić information content (AvgIpc) is 3.02. The minimum absolute atomic E-state index is 0.434. The van der Waals surface area contributed by atoms with Crippen LogP contribution in [0.2, 0.25) is 0 Å². The summed E-state index contributed by atoms with van der Waals surface area (Å²) in [5.41, 5.74) is 3.10. The van der Waals surface area contributed by atoms with E-state index in [1.807, 2.05) is 6.07 Å². The highest BCUT2D eigenvalue weighted by atomic mass is 15.0. The van der Waals surface area contributed by atoms with Crippen LogP contribution in [0.3, 0.4) is 0 Å². The number of imidazole rings is 1. The lowest BCUT2D eigenvalue weighted by atomic mass is 9.69. The van der Waals surface area contributed by atoms with Crippen LogP contribution in [0.4, 0.5) is 0 Å². The van der Waals surface area contributed by atoms with Crippen molar-refractivity contribution in [3.05, 3.63) is 30.1 Å². The third-order valence-corrected chi connectivity index (χ3v) is 6.75. The third kappa shape index (κ3) is 1.80. The van der Waals surface area contributed by atoms with Gasteiger partial charge in [0.2, 0.25) is 0 Å². The number of para-hydroxylation sites is 2. The van der Waals surface area contributed by atoms with Crippen molar-refractivity contribution < 1.29 is 0 Å². The summed E-state index contributed by atoms with van der Waals surface area (Å²) in [6.45, 7) is 8.26. The van der Waals surface area contributed by atoms with Crippen molar-refractivity contribution in [2.45, 2.75) is 52.6 Å². The molecule has 2 fully saturated rings. The van der Waals surface area contributed by atoms with Gasteiger partial charge in [0.1, 0.15) is 5.82 Å². The fourth-order valence-corrected chi connectivity index (χ4v) is 4.82. The van der Waals surface area contributed by atoms with Gasteiger partial charge in [-0.2, -0.15) is 0 Å². The molecular weight excluding hydrogens is 258 g/mol. The van der Waals surface area contributed by atoms with Crippen LogP contribution in [0, 0.1) is 16.7 Å². The van der Waals surface area contributed by atoms with E-state index in [2.05, 4.69) is 54.3 Å². The molecule has 2 saturated carbocycles. The van der Waals surface area contributed by atoms with Gasteiger partial charge in [-0.1, -0.05) is 32.9 Å². The predicted molar refractivity (Wildman–Crippen MR) is 86.0 cm³/mol. The van der Waals surface area contributed by atoms with Gasteiger partial charge in [-0.25, -0.2) is 4.98 Å². The summed E-state index contributed by atoms with van der Waals surface area (Å²) in [4.78, 5) is 8.10. The van der Waals surface area contributed by atoms with Gasteiger partial charge in [0, 0.05) is 6.04 Å². The molecule has 1 aromatic heterocycles. The molecule has 1 heterocycles. The van der Waals surface area contributed by atoms with E-state index < -0.39 is 0 Å². The van der Waals surface area contributed by atoms with Crippen LogP contribution >= 0.6 is 0 Å². The van der Waals surface area contributed by atoms with E-state index in [4.69, 9.17) is 0 Å². The molecule has 0 amide bonds. The van der Waals surface area contributed by atoms with E-state index in [1.54, 1.807) is 0 Å². The second kappa shape index (κ2) is 4.33. The predicted octanol–water partition coefficient (Wildman–Crippen LogP) is 3.87. The maximum atomic E-state index is 4.68. The summed E-state index contributed by atoms with van der Waals surface area (Å²) in [5, 5.41) is 3.79. The molecule has 112 valence electrons. The van der Waals surface area contributed by atoms with Crippen molar-refractivity contribution >= 4 is 11.0 Å². The van der Waals surface area contributed by atoms with Crippen molar-refractivity contribution in [3.8, 4) is 0 Å². The van der Waals surface area contributed by atoms with E-state index in [9.17, 15) is 0 Å². The fraction of sp³-hybridized carbons (Fsp3) is 0.611. The van der Waals surface area contributed by atoms with Crippen molar-refractivity contribution in [1.82, 2.24) is 15.3 Å². The highest BCUT2D eigenvalue weighted by Crippen LogP contribution is 2.65. The van der Waals surface area contributed by atoms with E-state index in [0.717, 1.165) is 29.3 Å². The summed E-state index contributed by atoms with van der Waals surface area (Å²) in [7, 11) is 0. The molecule has 21 heavy (non-hydrogen) atoms. The minimum atomic E-state index is 0.434. The normalized spacial score (nSPS) is 33.9. The summed E-state index contributed by atoms with van der Waals surface area (Å²) < 4.78 is 0. The fourth-order valence-electron chi connectivity index (χ4n) is 4.82. The maximum absolute atomic E-state index is 4.68. The van der Waals surface area contributed by atoms with Gasteiger partial charge in [-0.3, -0.25) is 0 Å². The van der Waals surface area contributed by atoms with Gasteiger partial charge < -0.3 is 10.3 Å². The van der Waals surface area contributed by atoms with Gasteiger partial charge in [0.25, 0.3) is 0 Å². The monoisotopic (exact) mass is 283 g/mol. The first-order valence-electron chi connectivity index (χ1n) is 8.18. The number of benzene rings is 1. The smallest absolute Gasteiger partial charge is 0.121 e. The summed E-state index contributed by atoms with van der Waals surface area (Å²) in [5.74, 6) is 1.94. The van der Waals surface area contributed by atoms with Crippen LogP contribution in [-0.4, -0.2) is 16.0 Å². The van der Waals surface area contributed by atoms with Gasteiger partial charge in [-0.15, -0.1) is 0 Å². The lowest BCUT2D eigenvalue weighted by molar-refractivity contribution is 0.120. The second-order valence-electron chi connectivity index (χ2n) is 7.74. The van der Waals surface area contributed by atoms with Crippen molar-refractivity contribution in [1.29, 1.82) is 0 Å². The SMILES string of the molecule is CC1(C)C2CCC1(C)C(NCc1nc3ccccc3[nH]1)C2. The molecular formula is C18H25N3. The lowest BCUT2D eigenvalue weighted by Crippen LogP contribution is -2.44. The molecule has 4 rings (SSSR count). The molecule has 2 bridgehead atoms. The Morgan fingerprint density at radius 3 is 2.76 bits per heavy atom. The van der Waals surface area contributed by atoms with Crippen LogP contribution in [0.25, 0.3) is 11.0 Å². The molecule has 0 radical (unpaired) electrons. The molecule has 1 aromatic carbocycles. The lowest BCUT2D eigenvalue weighted by Gasteiger charge is -2.39. The van der Waals surface area contributed by atoms with E-state index in [1.165, 1.54) is 19.3 Å². The zero-order valence-corrected chi connectivity index (χ0v) is 13.2. The largest absolute Gasteiger partial charge is 0.341 e. The first kappa shape index (κ1) is 13.3. The third-order valence-electron chi connectivity index (χ3n) is 6.75. The first-order valence-corrected chi connectivity index (χ1v) is 8.18. The van der Waals surface area contributed by atoms with Crippen molar-refractivity contribution in [2.24, 2.45) is 16.7 Å². The van der Waals surface area contributed by atoms with Crippen molar-refractivity contribution in [2.75, 3.05) is 0 Å². The quantitative estimate of drug-likeness (QED) is 0.898. The zero-order chi connectivity index (χ0) is 14.7. The van der Waals surface area contributed by atoms with E-state index in [0.29, 0.717) is 16.9 Å². The van der Waals surface area contributed by atoms with Crippen LogP contribution in [0.1, 0.15) is 45.9 Å². The summed E-state index contributed by atoms with van der Waals surface area (Å²) in [6.07, 6.45) is 4.10. The standard InChI is InChI=1S/C18H25N3/c1-17(2)12-8-9-18(17,3)15(10-12)19-11-16-20-13-6-4-5-7-14(13)21-16/h4-7,12,15,19H,8-11H2,1-3H3,(H,20,21). The Hall–Kier alpha value is -1.35. The Morgan fingerprint density at radius 2 is 2.10 bits per heavy atom. The number of aromatic amines is 1. The summed E-state index contributed by atoms with van der Waals surface area (Å²) in [6, 6.07) is 8.88. The molecule has 0 spiro atoms. The first-order chi connectivity index (χ1) is 10.0. The number of hydrogen-bond donors (Lipinski definition) is 2. The highest BCUT2D eigenvalue weighted by Gasteiger charge is 2.60. The zero-order valence-electron chi connectivity index (χ0n) is 13.2. The minimum Gasteiger partial charge on any atom is -0.341 e. The molecule has 3 atom stereocenters. The number of nitrogens with zero attached hydrogens (tertiary/aromatic N) is 1. The molecule has 2 N–H and O–H groups in total. The number of fused-ring (bicyclic) bond motifs is 3. The Bertz CT molecular complexity index is 639. The van der Waals surface area contributed by atoms with Crippen LogP contribution < -0.4 is 5.32 Å². The van der Waals surface area contributed by atoms with Crippen LogP contribution in [0.15, 0.2) is 24.3 Å². The van der Waals surface area contributed by atoms with Gasteiger partial charge in [0.15, 0.2) is 0 Å². The number of hydrogen-bond acceptors (Lipinski definition) is 2. The Kier molecular flexibility index (Phi) is 2.74. The van der Waals surface area contributed by atoms with Crippen molar-refractivity contribution in [3.63, 3.8) is 0 Å². The number of nitrogens with one attached hydrogen (secondary N) is 2. The van der Waals surface area contributed by atoms with Crippen LogP contribution in [-0.2, 0) is 6.54 Å². The molecule has 2 aliphatic carbocycles. The molecule has 3 heteroatoms. The van der Waals surface area contributed by atoms with E-state index in [-0.39, 0.29) is 0 Å². The maximum Gasteiger partial charge on any atom is 0.121 e. The Balaban J connectivity index is 1.50.